The Morgan fingerprint density at radius 2 is 2.54 bits per heavy atom. The monoisotopic (exact) mass is 197 g/mol. The van der Waals surface area contributed by atoms with E-state index in [1.807, 2.05) is 0 Å². The van der Waals surface area contributed by atoms with Crippen LogP contribution in [0.2, 0.25) is 0 Å². The molecular weight excluding hydrogens is 182 g/mol. The summed E-state index contributed by atoms with van der Waals surface area (Å²) < 4.78 is 0. The third-order valence-electron chi connectivity index (χ3n) is 3.13. The summed E-state index contributed by atoms with van der Waals surface area (Å²) in [6.45, 7) is 2.96. The molecule has 0 saturated heterocycles. The Bertz CT molecular complexity index is 304. The smallest absolute Gasteiger partial charge is 0.0505 e. The van der Waals surface area contributed by atoms with Crippen LogP contribution in [0.3, 0.4) is 0 Å². The lowest BCUT2D eigenvalue weighted by atomic mass is 10.0. The first-order chi connectivity index (χ1) is 6.23. The van der Waals surface area contributed by atoms with Gasteiger partial charge in [0.05, 0.1) is 6.61 Å². The summed E-state index contributed by atoms with van der Waals surface area (Å²) in [5.74, 6) is 0.516. The molecule has 0 radical (unpaired) electrons. The van der Waals surface area contributed by atoms with Crippen molar-refractivity contribution in [1.82, 2.24) is 0 Å². The summed E-state index contributed by atoms with van der Waals surface area (Å²) >= 11 is 1.79. The molecule has 0 aromatic carbocycles. The van der Waals surface area contributed by atoms with E-state index in [-0.39, 0.29) is 12.0 Å². The number of thiophene rings is 1. The van der Waals surface area contributed by atoms with E-state index in [1.165, 1.54) is 10.4 Å². The Hall–Kier alpha value is -0.380. The summed E-state index contributed by atoms with van der Waals surface area (Å²) in [5.41, 5.74) is 7.03. The second-order valence-corrected chi connectivity index (χ2v) is 4.90. The van der Waals surface area contributed by atoms with Crippen molar-refractivity contribution in [3.63, 3.8) is 0 Å². The zero-order chi connectivity index (χ0) is 9.47. The van der Waals surface area contributed by atoms with Crippen LogP contribution in [0, 0.1) is 12.3 Å². The van der Waals surface area contributed by atoms with Crippen molar-refractivity contribution in [3.8, 4) is 0 Å². The Labute approximate surface area is 82.4 Å². The molecule has 1 aromatic heterocycles. The van der Waals surface area contributed by atoms with Gasteiger partial charge in [-0.15, -0.1) is 11.3 Å². The third-order valence-corrected chi connectivity index (χ3v) is 4.26. The third kappa shape index (κ3) is 1.31. The topological polar surface area (TPSA) is 46.2 Å². The van der Waals surface area contributed by atoms with Gasteiger partial charge in [-0.1, -0.05) is 0 Å². The molecule has 72 valence electrons. The molecule has 1 aliphatic carbocycles. The van der Waals surface area contributed by atoms with Gasteiger partial charge in [-0.2, -0.15) is 0 Å². The van der Waals surface area contributed by atoms with Crippen LogP contribution < -0.4 is 5.73 Å². The van der Waals surface area contributed by atoms with Crippen molar-refractivity contribution in [2.24, 2.45) is 11.1 Å². The maximum atomic E-state index is 9.24. The molecular formula is C10H15NOS. The molecule has 2 rings (SSSR count). The standard InChI is InChI=1S/C10H15NOS/c1-7-2-3-13-9(7)8-4-10(8,5-11)6-12/h2-3,8,12H,4-6,11H2,1H3. The molecule has 3 heteroatoms. The maximum absolute atomic E-state index is 9.24. The highest BCUT2D eigenvalue weighted by Crippen LogP contribution is 2.59. The predicted molar refractivity (Wildman–Crippen MR) is 55.0 cm³/mol. The van der Waals surface area contributed by atoms with Gasteiger partial charge < -0.3 is 10.8 Å². The molecule has 2 atom stereocenters. The number of aliphatic hydroxyl groups is 1. The van der Waals surface area contributed by atoms with E-state index in [4.69, 9.17) is 5.73 Å². The minimum absolute atomic E-state index is 0.00954. The molecule has 0 amide bonds. The summed E-state index contributed by atoms with van der Waals surface area (Å²) in [7, 11) is 0. The first-order valence-corrected chi connectivity index (χ1v) is 5.46. The number of hydrogen-bond acceptors (Lipinski definition) is 3. The first-order valence-electron chi connectivity index (χ1n) is 4.58. The van der Waals surface area contributed by atoms with Gasteiger partial charge in [0.2, 0.25) is 0 Å². The lowest BCUT2D eigenvalue weighted by Gasteiger charge is -2.10. The average molecular weight is 197 g/mol. The number of aryl methyl sites for hydroxylation is 1. The zero-order valence-electron chi connectivity index (χ0n) is 7.79. The van der Waals surface area contributed by atoms with Gasteiger partial charge in [0, 0.05) is 22.8 Å². The minimum Gasteiger partial charge on any atom is -0.396 e. The molecule has 1 fully saturated rings. The van der Waals surface area contributed by atoms with E-state index in [1.54, 1.807) is 11.3 Å². The molecule has 1 aromatic rings. The molecule has 1 aliphatic rings. The van der Waals surface area contributed by atoms with Gasteiger partial charge in [-0.05, 0) is 30.4 Å². The summed E-state index contributed by atoms with van der Waals surface area (Å²) in [5, 5.41) is 11.4. The number of rotatable bonds is 3. The van der Waals surface area contributed by atoms with Crippen LogP contribution in [0.4, 0.5) is 0 Å². The van der Waals surface area contributed by atoms with Gasteiger partial charge in [-0.3, -0.25) is 0 Å². The number of nitrogens with two attached hydrogens (primary N) is 1. The zero-order valence-corrected chi connectivity index (χ0v) is 8.60. The second kappa shape index (κ2) is 3.08. The number of hydrogen-bond donors (Lipinski definition) is 2. The van der Waals surface area contributed by atoms with Gasteiger partial charge >= 0.3 is 0 Å². The molecule has 1 saturated carbocycles. The van der Waals surface area contributed by atoms with Gasteiger partial charge in [0.25, 0.3) is 0 Å². The predicted octanol–water partition coefficient (Wildman–Crippen LogP) is 1.48. The summed E-state index contributed by atoms with van der Waals surface area (Å²) in [4.78, 5) is 1.42. The molecule has 13 heavy (non-hydrogen) atoms. The van der Waals surface area contributed by atoms with Gasteiger partial charge in [0.15, 0.2) is 0 Å². The fourth-order valence-corrected chi connectivity index (χ4v) is 3.10. The molecule has 1 heterocycles. The molecule has 0 bridgehead atoms. The average Bonchev–Trinajstić information content (AvgIpc) is 2.74. The Morgan fingerprint density at radius 3 is 2.92 bits per heavy atom. The highest BCUT2D eigenvalue weighted by Gasteiger charge is 2.54. The number of aliphatic hydroxyl groups excluding tert-OH is 1. The van der Waals surface area contributed by atoms with E-state index in [9.17, 15) is 5.11 Å². The SMILES string of the molecule is Cc1ccsc1C1CC1(CN)CO. The van der Waals surface area contributed by atoms with Crippen LogP contribution in [-0.2, 0) is 0 Å². The minimum atomic E-state index is 0.00954. The van der Waals surface area contributed by atoms with Crippen LogP contribution in [0.25, 0.3) is 0 Å². The highest BCUT2D eigenvalue weighted by atomic mass is 32.1. The van der Waals surface area contributed by atoms with Crippen LogP contribution in [0.5, 0.6) is 0 Å². The van der Waals surface area contributed by atoms with E-state index in [0.717, 1.165) is 6.42 Å². The lowest BCUT2D eigenvalue weighted by molar-refractivity contribution is 0.212. The van der Waals surface area contributed by atoms with Crippen molar-refractivity contribution in [1.29, 1.82) is 0 Å². The molecule has 3 N–H and O–H groups in total. The lowest BCUT2D eigenvalue weighted by Crippen LogP contribution is -2.21. The Kier molecular flexibility index (Phi) is 2.18. The van der Waals surface area contributed by atoms with Crippen molar-refractivity contribution in [2.75, 3.05) is 13.2 Å². The Morgan fingerprint density at radius 1 is 1.77 bits per heavy atom. The summed E-state index contributed by atoms with van der Waals surface area (Å²) in [6.07, 6.45) is 1.06. The van der Waals surface area contributed by atoms with Crippen molar-refractivity contribution in [3.05, 3.63) is 21.9 Å². The van der Waals surface area contributed by atoms with Crippen LogP contribution in [0.15, 0.2) is 11.4 Å². The highest BCUT2D eigenvalue weighted by molar-refractivity contribution is 7.10. The fourth-order valence-electron chi connectivity index (χ4n) is 1.92. The Balaban J connectivity index is 2.19. The molecule has 0 aliphatic heterocycles. The van der Waals surface area contributed by atoms with Crippen molar-refractivity contribution >= 4 is 11.3 Å². The van der Waals surface area contributed by atoms with Crippen molar-refractivity contribution in [2.45, 2.75) is 19.3 Å². The van der Waals surface area contributed by atoms with Gasteiger partial charge in [0.1, 0.15) is 0 Å². The van der Waals surface area contributed by atoms with Gasteiger partial charge in [-0.25, -0.2) is 0 Å². The normalized spacial score (nSPS) is 32.1. The first kappa shape index (κ1) is 9.19. The fraction of sp³-hybridized carbons (Fsp3) is 0.600. The molecule has 2 nitrogen and oxygen atoms in total. The van der Waals surface area contributed by atoms with Crippen LogP contribution >= 0.6 is 11.3 Å². The maximum Gasteiger partial charge on any atom is 0.0505 e. The quantitative estimate of drug-likeness (QED) is 0.771. The molecule has 2 unspecified atom stereocenters. The largest absolute Gasteiger partial charge is 0.396 e. The van der Waals surface area contributed by atoms with E-state index in [2.05, 4.69) is 18.4 Å². The van der Waals surface area contributed by atoms with Crippen LogP contribution in [0.1, 0.15) is 22.8 Å². The van der Waals surface area contributed by atoms with E-state index >= 15 is 0 Å². The van der Waals surface area contributed by atoms with E-state index in [0.29, 0.717) is 12.5 Å². The summed E-state index contributed by atoms with van der Waals surface area (Å²) in [6, 6.07) is 2.14. The van der Waals surface area contributed by atoms with E-state index < -0.39 is 0 Å². The van der Waals surface area contributed by atoms with Crippen molar-refractivity contribution < 1.29 is 5.11 Å². The van der Waals surface area contributed by atoms with Crippen LogP contribution in [-0.4, -0.2) is 18.3 Å². The molecule has 0 spiro atoms. The second-order valence-electron chi connectivity index (χ2n) is 3.95.